The molecule has 7 nitrogen and oxygen atoms in total. The van der Waals surface area contributed by atoms with E-state index >= 15 is 0 Å². The Morgan fingerprint density at radius 2 is 1.95 bits per heavy atom. The average molecular weight is 497 g/mol. The molecule has 0 spiro atoms. The highest BCUT2D eigenvalue weighted by Gasteiger charge is 2.26. The number of aromatic amines is 1. The Balaban J connectivity index is 1.34. The highest BCUT2D eigenvalue weighted by Crippen LogP contribution is 2.33. The van der Waals surface area contributed by atoms with E-state index in [1.165, 1.54) is 11.6 Å². The highest BCUT2D eigenvalue weighted by molar-refractivity contribution is 5.93. The first kappa shape index (κ1) is 24.7. The molecule has 0 saturated carbocycles. The van der Waals surface area contributed by atoms with E-state index in [1.54, 1.807) is 18.3 Å². The summed E-state index contributed by atoms with van der Waals surface area (Å²) in [5.41, 5.74) is 11.4. The standard InChI is InChI=1S/C30H32N4O3/c1-30(2,3)22-12-18(17-31)13-23(16-22)33-29(36)20-5-4-19-6-7-24(15-21(19)14-20)37-26-10-11-32-28-25(26)8-9-27(35)34-28/h6-13,15-16,20H,4-5,14,17,31H2,1-3H3,(H,33,36)(H,32,34,35). The van der Waals surface area contributed by atoms with Crippen molar-refractivity contribution in [3.05, 3.63) is 93.4 Å². The molecule has 4 N–H and O–H groups in total. The quantitative estimate of drug-likeness (QED) is 0.351. The number of fused-ring (bicyclic) bond motifs is 2. The van der Waals surface area contributed by atoms with Gasteiger partial charge in [0, 0.05) is 30.4 Å². The predicted octanol–water partition coefficient (Wildman–Crippen LogP) is 5.22. The fourth-order valence-electron chi connectivity index (χ4n) is 4.83. The van der Waals surface area contributed by atoms with Crippen LogP contribution in [0.25, 0.3) is 11.0 Å². The molecule has 1 amide bonds. The Labute approximate surface area is 216 Å². The maximum atomic E-state index is 13.3. The third kappa shape index (κ3) is 5.42. The topological polar surface area (TPSA) is 110 Å². The van der Waals surface area contributed by atoms with Crippen molar-refractivity contribution in [1.29, 1.82) is 0 Å². The van der Waals surface area contributed by atoms with Gasteiger partial charge in [-0.3, -0.25) is 9.59 Å². The van der Waals surface area contributed by atoms with E-state index in [4.69, 9.17) is 10.5 Å². The van der Waals surface area contributed by atoms with Crippen LogP contribution in [0.3, 0.4) is 0 Å². The van der Waals surface area contributed by atoms with Crippen LogP contribution in [-0.4, -0.2) is 15.9 Å². The van der Waals surface area contributed by atoms with Crippen molar-refractivity contribution in [3.63, 3.8) is 0 Å². The van der Waals surface area contributed by atoms with Gasteiger partial charge in [-0.15, -0.1) is 0 Å². The summed E-state index contributed by atoms with van der Waals surface area (Å²) in [6.07, 6.45) is 3.88. The molecule has 2 aromatic heterocycles. The van der Waals surface area contributed by atoms with Crippen LogP contribution in [0.15, 0.2) is 65.6 Å². The fraction of sp³-hybridized carbons (Fsp3) is 0.300. The Bertz CT molecular complexity index is 1530. The van der Waals surface area contributed by atoms with Gasteiger partial charge in [0.2, 0.25) is 11.5 Å². The summed E-state index contributed by atoms with van der Waals surface area (Å²) in [7, 11) is 0. The molecular formula is C30H32N4O3. The number of carbonyl (C=O) groups excluding carboxylic acids is 1. The molecule has 0 aliphatic heterocycles. The molecule has 1 aliphatic carbocycles. The second-order valence-electron chi connectivity index (χ2n) is 10.7. The molecule has 0 fully saturated rings. The number of hydrogen-bond donors (Lipinski definition) is 3. The van der Waals surface area contributed by atoms with Gasteiger partial charge in [-0.2, -0.15) is 0 Å². The predicted molar refractivity (Wildman–Crippen MR) is 146 cm³/mol. The molecule has 0 radical (unpaired) electrons. The van der Waals surface area contributed by atoms with Gasteiger partial charge in [-0.1, -0.05) is 32.9 Å². The van der Waals surface area contributed by atoms with Crippen molar-refractivity contribution in [2.24, 2.45) is 11.7 Å². The summed E-state index contributed by atoms with van der Waals surface area (Å²) in [6, 6.07) is 17.1. The third-order valence-corrected chi connectivity index (χ3v) is 6.96. The summed E-state index contributed by atoms with van der Waals surface area (Å²) < 4.78 is 6.19. The van der Waals surface area contributed by atoms with Crippen LogP contribution in [0.2, 0.25) is 0 Å². The maximum Gasteiger partial charge on any atom is 0.249 e. The first-order valence-corrected chi connectivity index (χ1v) is 12.6. The number of ether oxygens (including phenoxy) is 1. The molecule has 0 saturated heterocycles. The van der Waals surface area contributed by atoms with E-state index in [2.05, 4.69) is 48.2 Å². The molecule has 2 aromatic carbocycles. The first-order chi connectivity index (χ1) is 17.7. The number of hydrogen-bond acceptors (Lipinski definition) is 5. The maximum absolute atomic E-state index is 13.3. The molecule has 4 aromatic rings. The van der Waals surface area contributed by atoms with Gasteiger partial charge in [0.25, 0.3) is 0 Å². The minimum absolute atomic E-state index is 0.0232. The number of H-pyrrole nitrogens is 1. The zero-order valence-electron chi connectivity index (χ0n) is 21.4. The van der Waals surface area contributed by atoms with Crippen LogP contribution in [0.5, 0.6) is 11.5 Å². The number of amides is 1. The van der Waals surface area contributed by atoms with Crippen LogP contribution < -0.4 is 21.3 Å². The SMILES string of the molecule is CC(C)(C)c1cc(CN)cc(NC(=O)C2CCc3ccc(Oc4ccnc5[nH]c(=O)ccc45)cc3C2)c1. The van der Waals surface area contributed by atoms with E-state index < -0.39 is 0 Å². The van der Waals surface area contributed by atoms with Gasteiger partial charge in [-0.25, -0.2) is 4.98 Å². The van der Waals surface area contributed by atoms with Gasteiger partial charge in [-0.05, 0) is 83.3 Å². The first-order valence-electron chi connectivity index (χ1n) is 12.6. The van der Waals surface area contributed by atoms with E-state index in [0.29, 0.717) is 30.1 Å². The molecule has 37 heavy (non-hydrogen) atoms. The normalized spacial score (nSPS) is 15.3. The van der Waals surface area contributed by atoms with Gasteiger partial charge in [0.05, 0.1) is 5.39 Å². The summed E-state index contributed by atoms with van der Waals surface area (Å²) >= 11 is 0. The fourth-order valence-corrected chi connectivity index (χ4v) is 4.83. The second-order valence-corrected chi connectivity index (χ2v) is 10.7. The lowest BCUT2D eigenvalue weighted by Gasteiger charge is -2.25. The third-order valence-electron chi connectivity index (χ3n) is 6.96. The Morgan fingerprint density at radius 1 is 1.11 bits per heavy atom. The van der Waals surface area contributed by atoms with Crippen LogP contribution in [0.4, 0.5) is 5.69 Å². The summed E-state index contributed by atoms with van der Waals surface area (Å²) in [4.78, 5) is 31.9. The lowest BCUT2D eigenvalue weighted by atomic mass is 9.83. The van der Waals surface area contributed by atoms with Gasteiger partial charge in [0.1, 0.15) is 17.1 Å². The molecule has 1 aliphatic rings. The Morgan fingerprint density at radius 3 is 2.73 bits per heavy atom. The van der Waals surface area contributed by atoms with Crippen LogP contribution in [0.1, 0.15) is 49.4 Å². The number of benzene rings is 2. The lowest BCUT2D eigenvalue weighted by Crippen LogP contribution is -2.28. The molecule has 7 heteroatoms. The summed E-state index contributed by atoms with van der Waals surface area (Å²) in [5, 5.41) is 3.88. The number of anilines is 1. The molecular weight excluding hydrogens is 464 g/mol. The van der Waals surface area contributed by atoms with E-state index in [1.807, 2.05) is 24.3 Å². The van der Waals surface area contributed by atoms with E-state index in [9.17, 15) is 9.59 Å². The average Bonchev–Trinajstić information content (AvgIpc) is 2.87. The minimum Gasteiger partial charge on any atom is -0.457 e. The van der Waals surface area contributed by atoms with Crippen molar-refractivity contribution in [3.8, 4) is 11.5 Å². The molecule has 1 unspecified atom stereocenters. The monoisotopic (exact) mass is 496 g/mol. The number of nitrogens with zero attached hydrogens (tertiary/aromatic N) is 1. The number of nitrogens with one attached hydrogen (secondary N) is 2. The van der Waals surface area contributed by atoms with Crippen molar-refractivity contribution < 1.29 is 9.53 Å². The number of aromatic nitrogens is 2. The summed E-state index contributed by atoms with van der Waals surface area (Å²) in [6.45, 7) is 6.88. The number of rotatable bonds is 5. The molecule has 2 heterocycles. The highest BCUT2D eigenvalue weighted by atomic mass is 16.5. The molecule has 190 valence electrons. The van der Waals surface area contributed by atoms with Gasteiger partial charge in [0.15, 0.2) is 0 Å². The smallest absolute Gasteiger partial charge is 0.249 e. The van der Waals surface area contributed by atoms with Crippen molar-refractivity contribution in [1.82, 2.24) is 9.97 Å². The van der Waals surface area contributed by atoms with Gasteiger partial charge >= 0.3 is 0 Å². The Kier molecular flexibility index (Phi) is 6.56. The molecule has 0 bridgehead atoms. The molecule has 5 rings (SSSR count). The van der Waals surface area contributed by atoms with Crippen LogP contribution >= 0.6 is 0 Å². The summed E-state index contributed by atoms with van der Waals surface area (Å²) in [5.74, 6) is 1.19. The largest absolute Gasteiger partial charge is 0.457 e. The number of aryl methyl sites for hydroxylation is 1. The van der Waals surface area contributed by atoms with Crippen molar-refractivity contribution in [2.45, 2.75) is 52.0 Å². The lowest BCUT2D eigenvalue weighted by molar-refractivity contribution is -0.120. The molecule has 1 atom stereocenters. The number of pyridine rings is 2. The second kappa shape index (κ2) is 9.82. The number of carbonyl (C=O) groups is 1. The zero-order chi connectivity index (χ0) is 26.2. The van der Waals surface area contributed by atoms with Crippen LogP contribution in [0, 0.1) is 5.92 Å². The van der Waals surface area contributed by atoms with Crippen molar-refractivity contribution in [2.75, 3.05) is 5.32 Å². The Hall–Kier alpha value is -3.97. The number of nitrogens with two attached hydrogens (primary N) is 1. The van der Waals surface area contributed by atoms with Crippen molar-refractivity contribution >= 4 is 22.6 Å². The minimum atomic E-state index is -0.209. The van der Waals surface area contributed by atoms with E-state index in [0.717, 1.165) is 40.6 Å². The zero-order valence-corrected chi connectivity index (χ0v) is 21.4. The van der Waals surface area contributed by atoms with Crippen LogP contribution in [-0.2, 0) is 29.6 Å². The van der Waals surface area contributed by atoms with E-state index in [-0.39, 0.29) is 22.8 Å². The van der Waals surface area contributed by atoms with Gasteiger partial charge < -0.3 is 20.8 Å².